The smallest absolute Gasteiger partial charge is 0.408 e. The van der Waals surface area contributed by atoms with Crippen molar-refractivity contribution in [3.05, 3.63) is 12.2 Å². The first-order valence-corrected chi connectivity index (χ1v) is 6.14. The van der Waals surface area contributed by atoms with E-state index >= 15 is 0 Å². The number of allylic oxidation sites excluding steroid dienone is 1. The molecule has 1 aliphatic rings. The van der Waals surface area contributed by atoms with Crippen molar-refractivity contribution in [2.75, 3.05) is 0 Å². The molecule has 0 bridgehead atoms. The lowest BCUT2D eigenvalue weighted by Gasteiger charge is -2.36. The maximum atomic E-state index is 11.5. The summed E-state index contributed by atoms with van der Waals surface area (Å²) in [6, 6.07) is -0.144. The number of alkyl carbamates (subject to hydrolysis) is 1. The summed E-state index contributed by atoms with van der Waals surface area (Å²) in [6.07, 6.45) is 3.83. The van der Waals surface area contributed by atoms with Crippen molar-refractivity contribution in [2.24, 2.45) is 0 Å². The molecular weight excluding hydrogens is 234 g/mol. The van der Waals surface area contributed by atoms with Crippen LogP contribution in [-0.4, -0.2) is 29.8 Å². The highest BCUT2D eigenvalue weighted by Crippen LogP contribution is 2.24. The summed E-state index contributed by atoms with van der Waals surface area (Å²) in [6.45, 7) is 7.16. The first kappa shape index (κ1) is 14.5. The van der Waals surface area contributed by atoms with Crippen LogP contribution in [0.2, 0.25) is 0 Å². The Balaban J connectivity index is 2.35. The summed E-state index contributed by atoms with van der Waals surface area (Å²) in [5.41, 5.74) is -0.523. The van der Waals surface area contributed by atoms with Crippen molar-refractivity contribution in [3.8, 4) is 0 Å². The molecular formula is C13H21NO4. The topological polar surface area (TPSA) is 64.6 Å². The van der Waals surface area contributed by atoms with Crippen LogP contribution in [0.4, 0.5) is 4.79 Å². The van der Waals surface area contributed by atoms with Crippen LogP contribution in [0.25, 0.3) is 0 Å². The summed E-state index contributed by atoms with van der Waals surface area (Å²) >= 11 is 0. The molecule has 0 radical (unpaired) electrons. The maximum Gasteiger partial charge on any atom is 0.408 e. The highest BCUT2D eigenvalue weighted by atomic mass is 16.6. The van der Waals surface area contributed by atoms with Crippen molar-refractivity contribution in [3.63, 3.8) is 0 Å². The largest absolute Gasteiger partial charge is 0.457 e. The fourth-order valence-electron chi connectivity index (χ4n) is 1.56. The number of rotatable bonds is 3. The molecule has 1 fully saturated rings. The lowest BCUT2D eigenvalue weighted by molar-refractivity contribution is -0.149. The zero-order chi connectivity index (χ0) is 13.8. The van der Waals surface area contributed by atoms with Gasteiger partial charge in [0.15, 0.2) is 0 Å². The number of carbonyl (C=O) groups excluding carboxylic acids is 2. The molecule has 0 aliphatic heterocycles. The Morgan fingerprint density at radius 3 is 2.39 bits per heavy atom. The molecule has 5 heteroatoms. The van der Waals surface area contributed by atoms with E-state index in [0.717, 1.165) is 12.8 Å². The Morgan fingerprint density at radius 1 is 1.28 bits per heavy atom. The van der Waals surface area contributed by atoms with Crippen LogP contribution in [0.5, 0.6) is 0 Å². The van der Waals surface area contributed by atoms with Crippen molar-refractivity contribution < 1.29 is 19.1 Å². The van der Waals surface area contributed by atoms with Crippen molar-refractivity contribution in [1.82, 2.24) is 5.32 Å². The van der Waals surface area contributed by atoms with Gasteiger partial charge in [-0.1, -0.05) is 6.08 Å². The summed E-state index contributed by atoms with van der Waals surface area (Å²) < 4.78 is 10.3. The Morgan fingerprint density at radius 2 is 1.94 bits per heavy atom. The molecule has 2 atom stereocenters. The molecule has 0 spiro atoms. The normalized spacial score (nSPS) is 23.3. The van der Waals surface area contributed by atoms with Crippen molar-refractivity contribution >= 4 is 12.1 Å². The molecule has 18 heavy (non-hydrogen) atoms. The summed E-state index contributed by atoms with van der Waals surface area (Å²) in [5.74, 6) is -0.377. The Kier molecular flexibility index (Phi) is 4.76. The number of esters is 1. The predicted molar refractivity (Wildman–Crippen MR) is 67.1 cm³/mol. The van der Waals surface area contributed by atoms with Gasteiger partial charge in [-0.2, -0.15) is 0 Å². The minimum absolute atomic E-state index is 0.144. The molecule has 1 N–H and O–H groups in total. The first-order valence-electron chi connectivity index (χ1n) is 6.14. The standard InChI is InChI=1S/C13H21NO4/c1-5-6-11(15)17-10-8-7-9(10)14-12(16)18-13(2,3)4/h5-6,9-10H,7-8H2,1-4H3,(H,14,16). The fraction of sp³-hybridized carbons (Fsp3) is 0.692. The lowest BCUT2D eigenvalue weighted by atomic mass is 9.89. The highest BCUT2D eigenvalue weighted by Gasteiger charge is 2.35. The SMILES string of the molecule is CC=CC(=O)OC1CCC1NC(=O)OC(C)(C)C. The summed E-state index contributed by atoms with van der Waals surface area (Å²) in [5, 5.41) is 2.71. The quantitative estimate of drug-likeness (QED) is 0.620. The number of ether oxygens (including phenoxy) is 2. The fourth-order valence-corrected chi connectivity index (χ4v) is 1.56. The molecule has 1 amide bonds. The van der Waals surface area contributed by atoms with Crippen molar-refractivity contribution in [2.45, 2.75) is 58.3 Å². The van der Waals surface area contributed by atoms with E-state index in [1.54, 1.807) is 33.8 Å². The second kappa shape index (κ2) is 5.89. The average molecular weight is 255 g/mol. The van der Waals surface area contributed by atoms with Gasteiger partial charge in [-0.15, -0.1) is 0 Å². The molecule has 1 saturated carbocycles. The van der Waals surface area contributed by atoms with Crippen LogP contribution in [0.3, 0.4) is 0 Å². The molecule has 102 valence electrons. The van der Waals surface area contributed by atoms with Crippen LogP contribution < -0.4 is 5.32 Å². The van der Waals surface area contributed by atoms with Crippen LogP contribution in [-0.2, 0) is 14.3 Å². The molecule has 1 aliphatic carbocycles. The van der Waals surface area contributed by atoms with Crippen LogP contribution in [0.15, 0.2) is 12.2 Å². The van der Waals surface area contributed by atoms with Gasteiger partial charge >= 0.3 is 12.1 Å². The van der Waals surface area contributed by atoms with E-state index in [9.17, 15) is 9.59 Å². The second-order valence-electron chi connectivity index (χ2n) is 5.31. The van der Waals surface area contributed by atoms with E-state index in [1.807, 2.05) is 0 Å². The number of amides is 1. The predicted octanol–water partition coefficient (Wildman–Crippen LogP) is 2.16. The average Bonchev–Trinajstić information content (AvgIpc) is 2.19. The number of nitrogens with one attached hydrogen (secondary N) is 1. The second-order valence-corrected chi connectivity index (χ2v) is 5.31. The van der Waals surface area contributed by atoms with Gasteiger partial charge in [0.2, 0.25) is 0 Å². The Labute approximate surface area is 108 Å². The van der Waals surface area contributed by atoms with E-state index in [1.165, 1.54) is 6.08 Å². The molecule has 0 saturated heterocycles. The number of hydrogen-bond donors (Lipinski definition) is 1. The molecule has 1 rings (SSSR count). The molecule has 0 aromatic carbocycles. The van der Waals surface area contributed by atoms with Gasteiger partial charge in [-0.25, -0.2) is 9.59 Å². The summed E-state index contributed by atoms with van der Waals surface area (Å²) in [7, 11) is 0. The maximum absolute atomic E-state index is 11.5. The first-order chi connectivity index (χ1) is 8.31. The molecule has 0 aromatic heterocycles. The van der Waals surface area contributed by atoms with Gasteiger partial charge in [0.1, 0.15) is 11.7 Å². The minimum atomic E-state index is -0.523. The van der Waals surface area contributed by atoms with Gasteiger partial charge in [-0.05, 0) is 40.5 Å². The molecule has 5 nitrogen and oxygen atoms in total. The van der Waals surface area contributed by atoms with E-state index < -0.39 is 11.7 Å². The zero-order valence-corrected chi connectivity index (χ0v) is 11.4. The van der Waals surface area contributed by atoms with Gasteiger partial charge in [-0.3, -0.25) is 0 Å². The molecule has 2 unspecified atom stereocenters. The zero-order valence-electron chi connectivity index (χ0n) is 11.4. The number of hydrogen-bond acceptors (Lipinski definition) is 4. The monoisotopic (exact) mass is 255 g/mol. The van der Waals surface area contributed by atoms with E-state index in [0.29, 0.717) is 0 Å². The Hall–Kier alpha value is -1.52. The molecule has 0 aromatic rings. The van der Waals surface area contributed by atoms with Gasteiger partial charge in [0.25, 0.3) is 0 Å². The van der Waals surface area contributed by atoms with Gasteiger partial charge < -0.3 is 14.8 Å². The Bertz CT molecular complexity index is 343. The highest BCUT2D eigenvalue weighted by molar-refractivity contribution is 5.82. The van der Waals surface area contributed by atoms with Crippen LogP contribution in [0, 0.1) is 0 Å². The number of carbonyl (C=O) groups is 2. The third-order valence-electron chi connectivity index (χ3n) is 2.48. The third-order valence-corrected chi connectivity index (χ3v) is 2.48. The van der Waals surface area contributed by atoms with Crippen LogP contribution >= 0.6 is 0 Å². The van der Waals surface area contributed by atoms with E-state index in [2.05, 4.69) is 5.32 Å². The van der Waals surface area contributed by atoms with E-state index in [-0.39, 0.29) is 18.1 Å². The summed E-state index contributed by atoms with van der Waals surface area (Å²) in [4.78, 5) is 22.8. The van der Waals surface area contributed by atoms with Crippen molar-refractivity contribution in [1.29, 1.82) is 0 Å². The third kappa shape index (κ3) is 4.77. The molecule has 0 heterocycles. The lowest BCUT2D eigenvalue weighted by Crippen LogP contribution is -2.53. The van der Waals surface area contributed by atoms with Crippen LogP contribution in [0.1, 0.15) is 40.5 Å². The van der Waals surface area contributed by atoms with Gasteiger partial charge in [0.05, 0.1) is 6.04 Å². The minimum Gasteiger partial charge on any atom is -0.457 e. The van der Waals surface area contributed by atoms with Gasteiger partial charge in [0, 0.05) is 6.08 Å². The van der Waals surface area contributed by atoms with E-state index in [4.69, 9.17) is 9.47 Å².